The third-order valence-electron chi connectivity index (χ3n) is 3.68. The van der Waals surface area contributed by atoms with E-state index in [9.17, 15) is 13.2 Å². The summed E-state index contributed by atoms with van der Waals surface area (Å²) in [5.74, 6) is 0.272. The van der Waals surface area contributed by atoms with Crippen molar-refractivity contribution < 1.29 is 17.9 Å². The van der Waals surface area contributed by atoms with E-state index >= 15 is 0 Å². The Morgan fingerprint density at radius 2 is 1.88 bits per heavy atom. The molecular weight excluding hydrogens is 437 g/mol. The van der Waals surface area contributed by atoms with Gasteiger partial charge in [0.15, 0.2) is 5.65 Å². The van der Waals surface area contributed by atoms with Gasteiger partial charge in [-0.05, 0) is 53.9 Å². The Bertz CT molecular complexity index is 943. The van der Waals surface area contributed by atoms with E-state index in [4.69, 9.17) is 11.6 Å². The lowest BCUT2D eigenvalue weighted by Crippen LogP contribution is -2.17. The number of hydrogen-bond donors (Lipinski definition) is 0. The van der Waals surface area contributed by atoms with Crippen molar-refractivity contribution in [3.63, 3.8) is 0 Å². The fraction of sp³-hybridized carbons (Fsp3) is 0.312. The number of alkyl halides is 3. The van der Waals surface area contributed by atoms with E-state index < -0.39 is 6.36 Å². The van der Waals surface area contributed by atoms with Gasteiger partial charge in [-0.2, -0.15) is 5.10 Å². The molecule has 0 amide bonds. The molecule has 0 fully saturated rings. The zero-order chi connectivity index (χ0) is 19.1. The molecule has 0 saturated carbocycles. The SMILES string of the molecule is Cc1nc(Cl)c2c(Br)nn([C@H](C)Cc3ccc(OC(F)(F)F)cc3)c2n1. The van der Waals surface area contributed by atoms with Gasteiger partial charge in [0.05, 0.1) is 11.4 Å². The van der Waals surface area contributed by atoms with Crippen LogP contribution in [0.5, 0.6) is 5.75 Å². The van der Waals surface area contributed by atoms with Gasteiger partial charge in [-0.15, -0.1) is 13.2 Å². The van der Waals surface area contributed by atoms with Gasteiger partial charge in [-0.25, -0.2) is 14.6 Å². The number of rotatable bonds is 4. The molecule has 2 aromatic heterocycles. The average molecular weight is 450 g/mol. The molecule has 5 nitrogen and oxygen atoms in total. The predicted octanol–water partition coefficient (Wildman–Crippen LogP) is 5.25. The van der Waals surface area contributed by atoms with E-state index in [1.165, 1.54) is 12.1 Å². The Kier molecular flexibility index (Phi) is 5.12. The molecule has 0 radical (unpaired) electrons. The summed E-state index contributed by atoms with van der Waals surface area (Å²) in [4.78, 5) is 8.53. The van der Waals surface area contributed by atoms with Crippen molar-refractivity contribution in [2.75, 3.05) is 0 Å². The number of nitrogens with zero attached hydrogens (tertiary/aromatic N) is 4. The predicted molar refractivity (Wildman–Crippen MR) is 94.3 cm³/mol. The lowest BCUT2D eigenvalue weighted by molar-refractivity contribution is -0.274. The fourth-order valence-corrected chi connectivity index (χ4v) is 3.57. The summed E-state index contributed by atoms with van der Waals surface area (Å²) in [6.07, 6.45) is -4.16. The van der Waals surface area contributed by atoms with Crippen LogP contribution in [0.1, 0.15) is 24.4 Å². The van der Waals surface area contributed by atoms with Crippen molar-refractivity contribution in [3.8, 4) is 5.75 Å². The summed E-state index contributed by atoms with van der Waals surface area (Å²) in [6, 6.07) is 5.64. The maximum atomic E-state index is 12.2. The van der Waals surface area contributed by atoms with Gasteiger partial charge in [-0.3, -0.25) is 0 Å². The summed E-state index contributed by atoms with van der Waals surface area (Å²) in [7, 11) is 0. The lowest BCUT2D eigenvalue weighted by atomic mass is 10.1. The van der Waals surface area contributed by atoms with Crippen molar-refractivity contribution in [3.05, 3.63) is 45.4 Å². The largest absolute Gasteiger partial charge is 0.573 e. The van der Waals surface area contributed by atoms with Crippen LogP contribution in [0.2, 0.25) is 5.15 Å². The first-order valence-corrected chi connectivity index (χ1v) is 8.73. The number of halogens is 5. The van der Waals surface area contributed by atoms with Crippen LogP contribution < -0.4 is 4.74 Å². The van der Waals surface area contributed by atoms with Gasteiger partial charge < -0.3 is 4.74 Å². The van der Waals surface area contributed by atoms with Crippen LogP contribution in [0.3, 0.4) is 0 Å². The molecule has 0 aliphatic heterocycles. The second-order valence-electron chi connectivity index (χ2n) is 5.74. The summed E-state index contributed by atoms with van der Waals surface area (Å²) < 4.78 is 42.8. The highest BCUT2D eigenvalue weighted by Gasteiger charge is 2.31. The van der Waals surface area contributed by atoms with Crippen LogP contribution >= 0.6 is 27.5 Å². The van der Waals surface area contributed by atoms with E-state index in [2.05, 4.69) is 35.7 Å². The van der Waals surface area contributed by atoms with Crippen LogP contribution in [0.4, 0.5) is 13.2 Å². The highest BCUT2D eigenvalue weighted by molar-refractivity contribution is 9.10. The van der Waals surface area contributed by atoms with E-state index in [0.717, 1.165) is 5.56 Å². The number of ether oxygens (including phenoxy) is 1. The van der Waals surface area contributed by atoms with Crippen molar-refractivity contribution in [1.29, 1.82) is 0 Å². The molecule has 10 heteroatoms. The zero-order valence-electron chi connectivity index (χ0n) is 13.7. The van der Waals surface area contributed by atoms with Crippen molar-refractivity contribution in [1.82, 2.24) is 19.7 Å². The molecule has 1 aromatic carbocycles. The molecule has 3 aromatic rings. The number of aromatic nitrogens is 4. The van der Waals surface area contributed by atoms with Gasteiger partial charge in [0, 0.05) is 0 Å². The van der Waals surface area contributed by atoms with Crippen LogP contribution in [0, 0.1) is 6.92 Å². The van der Waals surface area contributed by atoms with Gasteiger partial charge in [-0.1, -0.05) is 23.7 Å². The Morgan fingerprint density at radius 3 is 2.50 bits per heavy atom. The highest BCUT2D eigenvalue weighted by atomic mass is 79.9. The first-order chi connectivity index (χ1) is 12.1. The molecule has 0 aliphatic carbocycles. The van der Waals surface area contributed by atoms with Crippen molar-refractivity contribution in [2.24, 2.45) is 0 Å². The summed E-state index contributed by atoms with van der Waals surface area (Å²) in [5.41, 5.74) is 1.43. The molecule has 1 atom stereocenters. The monoisotopic (exact) mass is 448 g/mol. The second kappa shape index (κ2) is 7.03. The van der Waals surface area contributed by atoms with Crippen LogP contribution in [0.15, 0.2) is 28.9 Å². The first kappa shape index (κ1) is 18.9. The molecule has 0 N–H and O–H groups in total. The van der Waals surface area contributed by atoms with Crippen LogP contribution in [-0.4, -0.2) is 26.1 Å². The Balaban J connectivity index is 1.84. The fourth-order valence-electron chi connectivity index (χ4n) is 2.62. The Morgan fingerprint density at radius 1 is 1.23 bits per heavy atom. The lowest BCUT2D eigenvalue weighted by Gasteiger charge is -2.14. The molecule has 2 heterocycles. The number of fused-ring (bicyclic) bond motifs is 1. The molecule has 0 aliphatic rings. The summed E-state index contributed by atoms with van der Waals surface area (Å²) in [6.45, 7) is 3.67. The summed E-state index contributed by atoms with van der Waals surface area (Å²) in [5, 5.41) is 5.36. The van der Waals surface area contributed by atoms with Crippen molar-refractivity contribution in [2.45, 2.75) is 32.7 Å². The molecule has 138 valence electrons. The average Bonchev–Trinajstić information content (AvgIpc) is 2.85. The Hall–Kier alpha value is -1.87. The zero-order valence-corrected chi connectivity index (χ0v) is 16.0. The molecule has 0 spiro atoms. The van der Waals surface area contributed by atoms with Gasteiger partial charge in [0.2, 0.25) is 0 Å². The molecule has 26 heavy (non-hydrogen) atoms. The Labute approximate surface area is 160 Å². The number of aryl methyl sites for hydroxylation is 1. The first-order valence-electron chi connectivity index (χ1n) is 7.56. The van der Waals surface area contributed by atoms with Crippen LogP contribution in [-0.2, 0) is 6.42 Å². The maximum absolute atomic E-state index is 12.2. The normalized spacial score (nSPS) is 13.2. The molecular formula is C16H13BrClF3N4O. The molecule has 0 saturated heterocycles. The quantitative estimate of drug-likeness (QED) is 0.510. The molecule has 3 rings (SSSR count). The minimum atomic E-state index is -4.70. The summed E-state index contributed by atoms with van der Waals surface area (Å²) >= 11 is 9.54. The van der Waals surface area contributed by atoms with Gasteiger partial charge in [0.25, 0.3) is 0 Å². The standard InChI is InChI=1S/C16H13BrClF3N4O/c1-8(7-10-3-5-11(6-4-10)26-16(19,20)21)25-15-12(13(17)24-25)14(18)22-9(2)23-15/h3-6,8H,7H2,1-2H3/t8-/m1/s1. The highest BCUT2D eigenvalue weighted by Crippen LogP contribution is 2.31. The third-order valence-corrected chi connectivity index (χ3v) is 4.51. The topological polar surface area (TPSA) is 52.8 Å². The third kappa shape index (κ3) is 4.09. The minimum absolute atomic E-state index is 0.108. The smallest absolute Gasteiger partial charge is 0.406 e. The number of benzene rings is 1. The van der Waals surface area contributed by atoms with Gasteiger partial charge >= 0.3 is 6.36 Å². The number of hydrogen-bond acceptors (Lipinski definition) is 4. The van der Waals surface area contributed by atoms with E-state index in [1.807, 2.05) is 6.92 Å². The second-order valence-corrected chi connectivity index (χ2v) is 6.85. The van der Waals surface area contributed by atoms with Gasteiger partial charge in [0.1, 0.15) is 21.3 Å². The van der Waals surface area contributed by atoms with Crippen LogP contribution in [0.25, 0.3) is 11.0 Å². The van der Waals surface area contributed by atoms with E-state index in [-0.39, 0.29) is 11.8 Å². The molecule has 0 unspecified atom stereocenters. The molecule has 0 bridgehead atoms. The van der Waals surface area contributed by atoms with E-state index in [0.29, 0.717) is 33.0 Å². The van der Waals surface area contributed by atoms with E-state index in [1.54, 1.807) is 23.7 Å². The van der Waals surface area contributed by atoms with Crippen molar-refractivity contribution >= 4 is 38.6 Å². The maximum Gasteiger partial charge on any atom is 0.573 e. The minimum Gasteiger partial charge on any atom is -0.406 e.